The molecule has 0 radical (unpaired) electrons. The van der Waals surface area contributed by atoms with Crippen molar-refractivity contribution in [3.8, 4) is 11.8 Å². The van der Waals surface area contributed by atoms with E-state index in [1.807, 2.05) is 19.1 Å². The number of aromatic nitrogens is 1. The van der Waals surface area contributed by atoms with Crippen LogP contribution in [0.15, 0.2) is 30.0 Å². The molecule has 0 fully saturated rings. The van der Waals surface area contributed by atoms with Crippen molar-refractivity contribution in [2.24, 2.45) is 0 Å². The molecule has 3 N–H and O–H groups in total. The summed E-state index contributed by atoms with van der Waals surface area (Å²) in [6.07, 6.45) is 3.79. The normalized spacial score (nSPS) is 12.7. The lowest BCUT2D eigenvalue weighted by atomic mass is 9.97. The van der Waals surface area contributed by atoms with E-state index in [0.717, 1.165) is 29.7 Å². The monoisotopic (exact) mass is 419 g/mol. The Morgan fingerprint density at radius 2 is 2.23 bits per heavy atom. The predicted molar refractivity (Wildman–Crippen MR) is 118 cm³/mol. The molecule has 0 aliphatic carbocycles. The Bertz CT molecular complexity index is 1090. The highest BCUT2D eigenvalue weighted by atomic mass is 16.5. The highest BCUT2D eigenvalue weighted by molar-refractivity contribution is 5.93. The fraction of sp³-hybridized carbons (Fsp3) is 0.304. The molecule has 160 valence electrons. The summed E-state index contributed by atoms with van der Waals surface area (Å²) in [7, 11) is 1.51. The van der Waals surface area contributed by atoms with E-state index in [1.165, 1.54) is 18.9 Å². The Morgan fingerprint density at radius 3 is 2.94 bits per heavy atom. The third-order valence-corrected chi connectivity index (χ3v) is 5.27. The summed E-state index contributed by atoms with van der Waals surface area (Å²) >= 11 is 0. The predicted octanol–water partition coefficient (Wildman–Crippen LogP) is 3.03. The van der Waals surface area contributed by atoms with Gasteiger partial charge in [0, 0.05) is 30.6 Å². The molecule has 1 aromatic heterocycles. The number of hydrogen-bond donors (Lipinski definition) is 3. The second-order valence-electron chi connectivity index (χ2n) is 7.17. The van der Waals surface area contributed by atoms with Crippen LogP contribution in [0, 0.1) is 30.6 Å². The van der Waals surface area contributed by atoms with Crippen LogP contribution < -0.4 is 15.4 Å². The number of nitriles is 1. The quantitative estimate of drug-likeness (QED) is 0.325. The molecule has 8 heteroatoms. The lowest BCUT2D eigenvalue weighted by Gasteiger charge is -2.11. The molecule has 1 aliphatic heterocycles. The van der Waals surface area contributed by atoms with Crippen LogP contribution in [0.2, 0.25) is 0 Å². The number of nitrogens with zero attached hydrogens (tertiary/aromatic N) is 2. The van der Waals surface area contributed by atoms with E-state index in [1.54, 1.807) is 19.2 Å². The summed E-state index contributed by atoms with van der Waals surface area (Å²) in [5, 5.41) is 23.2. The molecule has 0 unspecified atom stereocenters. The lowest BCUT2D eigenvalue weighted by Crippen LogP contribution is -2.21. The summed E-state index contributed by atoms with van der Waals surface area (Å²) in [5.74, 6) is 0.746. The molecule has 2 aromatic rings. The van der Waals surface area contributed by atoms with E-state index in [9.17, 15) is 10.1 Å². The zero-order valence-corrected chi connectivity index (χ0v) is 17.8. The van der Waals surface area contributed by atoms with Crippen LogP contribution in [0.25, 0.3) is 0 Å². The second-order valence-corrected chi connectivity index (χ2v) is 7.17. The van der Waals surface area contributed by atoms with Gasteiger partial charge in [-0.15, -0.1) is 0 Å². The summed E-state index contributed by atoms with van der Waals surface area (Å²) in [5.41, 5.74) is 5.64. The highest BCUT2D eigenvalue weighted by Gasteiger charge is 2.23. The number of cyclic esters (lactones) is 1. The number of nitrogens with one attached hydrogen (secondary N) is 3. The zero-order valence-electron chi connectivity index (χ0n) is 17.8. The number of hydrogen-bond acceptors (Lipinski definition) is 8. The summed E-state index contributed by atoms with van der Waals surface area (Å²) in [6, 6.07) is 7.55. The molecule has 1 aliphatic rings. The smallest absolute Gasteiger partial charge is 0.338 e. The van der Waals surface area contributed by atoms with E-state index in [0.29, 0.717) is 41.5 Å². The van der Waals surface area contributed by atoms with Gasteiger partial charge in [-0.3, -0.25) is 0 Å². The Balaban J connectivity index is 1.56. The van der Waals surface area contributed by atoms with Gasteiger partial charge in [-0.05, 0) is 49.6 Å². The van der Waals surface area contributed by atoms with Crippen LogP contribution in [0.4, 0.5) is 5.82 Å². The van der Waals surface area contributed by atoms with Crippen molar-refractivity contribution < 1.29 is 14.3 Å². The van der Waals surface area contributed by atoms with Gasteiger partial charge in [0.1, 0.15) is 29.8 Å². The Kier molecular flexibility index (Phi) is 7.00. The highest BCUT2D eigenvalue weighted by Crippen LogP contribution is 2.26. The second kappa shape index (κ2) is 9.87. The molecule has 31 heavy (non-hydrogen) atoms. The first-order valence-electron chi connectivity index (χ1n) is 9.89. The van der Waals surface area contributed by atoms with Gasteiger partial charge in [-0.25, -0.2) is 9.78 Å². The van der Waals surface area contributed by atoms with E-state index in [-0.39, 0.29) is 5.97 Å². The van der Waals surface area contributed by atoms with Gasteiger partial charge in [-0.1, -0.05) is 6.07 Å². The number of esters is 1. The van der Waals surface area contributed by atoms with Crippen molar-refractivity contribution in [3.63, 3.8) is 0 Å². The molecule has 8 nitrogen and oxygen atoms in total. The van der Waals surface area contributed by atoms with Crippen LogP contribution in [0.5, 0.6) is 5.75 Å². The number of fused-ring (bicyclic) bond motifs is 1. The van der Waals surface area contributed by atoms with Crippen molar-refractivity contribution in [1.29, 1.82) is 10.7 Å². The van der Waals surface area contributed by atoms with Crippen LogP contribution >= 0.6 is 0 Å². The average Bonchev–Trinajstić information content (AvgIpc) is 3.15. The minimum Gasteiger partial charge on any atom is -0.495 e. The third-order valence-electron chi connectivity index (χ3n) is 5.27. The molecule has 3 rings (SSSR count). The Labute approximate surface area is 181 Å². The lowest BCUT2D eigenvalue weighted by molar-refractivity contribution is 0.0535. The van der Waals surface area contributed by atoms with Gasteiger partial charge >= 0.3 is 5.97 Å². The maximum absolute atomic E-state index is 11.7. The average molecular weight is 419 g/mol. The summed E-state index contributed by atoms with van der Waals surface area (Å²) < 4.78 is 10.4. The fourth-order valence-corrected chi connectivity index (χ4v) is 3.45. The number of benzene rings is 1. The SMILES string of the molecule is COc1cc(N/C=C(\C=N)CNCCc2ccc3c(c2C)COC3=O)nc(C)c1C#N. The van der Waals surface area contributed by atoms with Gasteiger partial charge in [0.15, 0.2) is 0 Å². The van der Waals surface area contributed by atoms with Gasteiger partial charge in [-0.2, -0.15) is 5.26 Å². The van der Waals surface area contributed by atoms with Gasteiger partial charge in [0.2, 0.25) is 0 Å². The van der Waals surface area contributed by atoms with Crippen LogP contribution in [0.1, 0.15) is 38.3 Å². The standard InChI is InChI=1S/C23H25N5O3/c1-14-17(4-5-18-20(14)13-31-23(18)29)6-7-26-11-16(9-24)12-27-22-8-21(30-3)19(10-25)15(2)28-22/h4-5,8-9,12,24,26H,6-7,11,13H2,1-3H3,(H,27,28)/b16-12+,24-9?. The number of methoxy groups -OCH3 is 1. The first-order valence-corrected chi connectivity index (χ1v) is 9.89. The molecule has 0 atom stereocenters. The number of rotatable bonds is 9. The number of anilines is 1. The molecule has 0 bridgehead atoms. The van der Waals surface area contributed by atoms with Gasteiger partial charge in [0.05, 0.1) is 18.4 Å². The fourth-order valence-electron chi connectivity index (χ4n) is 3.45. The van der Waals surface area contributed by atoms with Crippen molar-refractivity contribution in [3.05, 3.63) is 63.5 Å². The molecule has 0 saturated heterocycles. The van der Waals surface area contributed by atoms with E-state index < -0.39 is 0 Å². The van der Waals surface area contributed by atoms with Crippen molar-refractivity contribution in [2.45, 2.75) is 26.9 Å². The minimum absolute atomic E-state index is 0.249. The summed E-state index contributed by atoms with van der Waals surface area (Å²) in [4.78, 5) is 16.0. The maximum atomic E-state index is 11.7. The van der Waals surface area contributed by atoms with Crippen molar-refractivity contribution in [2.75, 3.05) is 25.5 Å². The molecule has 0 saturated carbocycles. The van der Waals surface area contributed by atoms with Crippen molar-refractivity contribution >= 4 is 18.0 Å². The maximum Gasteiger partial charge on any atom is 0.338 e. The van der Waals surface area contributed by atoms with Crippen molar-refractivity contribution in [1.82, 2.24) is 10.3 Å². The zero-order chi connectivity index (χ0) is 22.4. The van der Waals surface area contributed by atoms with Crippen LogP contribution in [-0.2, 0) is 17.8 Å². The number of aryl methyl sites for hydroxylation is 1. The van der Waals surface area contributed by atoms with Gasteiger partial charge < -0.3 is 25.5 Å². The first-order chi connectivity index (χ1) is 15.0. The molecule has 2 heterocycles. The Morgan fingerprint density at radius 1 is 1.42 bits per heavy atom. The number of carbonyl (C=O) groups is 1. The minimum atomic E-state index is -0.249. The third kappa shape index (κ3) is 4.90. The molecule has 1 aromatic carbocycles. The largest absolute Gasteiger partial charge is 0.495 e. The van der Waals surface area contributed by atoms with E-state index >= 15 is 0 Å². The summed E-state index contributed by atoms with van der Waals surface area (Å²) in [6.45, 7) is 5.35. The number of carbonyl (C=O) groups excluding carboxylic acids is 1. The topological polar surface area (TPSA) is 120 Å². The number of ether oxygens (including phenoxy) is 2. The molecular weight excluding hydrogens is 394 g/mol. The molecule has 0 spiro atoms. The van der Waals surface area contributed by atoms with Crippen LogP contribution in [0.3, 0.4) is 0 Å². The molecular formula is C23H25N5O3. The number of pyridine rings is 1. The van der Waals surface area contributed by atoms with E-state index in [2.05, 4.69) is 21.7 Å². The molecule has 0 amide bonds. The Hall–Kier alpha value is -3.70. The first kappa shape index (κ1) is 22.0. The van der Waals surface area contributed by atoms with E-state index in [4.69, 9.17) is 14.9 Å². The van der Waals surface area contributed by atoms with Crippen LogP contribution in [-0.4, -0.2) is 37.4 Å². The van der Waals surface area contributed by atoms with Gasteiger partial charge in [0.25, 0.3) is 0 Å².